The molecule has 1 heterocycles. The molecule has 0 saturated heterocycles. The van der Waals surface area contributed by atoms with Crippen molar-refractivity contribution >= 4 is 17.5 Å². The van der Waals surface area contributed by atoms with Crippen LogP contribution in [0.5, 0.6) is 17.4 Å². The largest absolute Gasteiger partial charge is 0.493 e. The van der Waals surface area contributed by atoms with Crippen LogP contribution in [0.4, 0.5) is 5.69 Å². The zero-order valence-corrected chi connectivity index (χ0v) is 15.9. The molecule has 3 rings (SSSR count). The van der Waals surface area contributed by atoms with E-state index < -0.39 is 0 Å². The number of carbonyl (C=O) groups is 2. The number of rotatable bonds is 9. The number of pyridine rings is 1. The van der Waals surface area contributed by atoms with Crippen molar-refractivity contribution in [2.45, 2.75) is 19.4 Å². The van der Waals surface area contributed by atoms with Gasteiger partial charge in [0.2, 0.25) is 11.8 Å². The van der Waals surface area contributed by atoms with Crippen molar-refractivity contribution in [3.63, 3.8) is 0 Å². The molecule has 1 fully saturated rings. The highest BCUT2D eigenvalue weighted by Crippen LogP contribution is 2.31. The Morgan fingerprint density at radius 3 is 2.61 bits per heavy atom. The molecule has 0 spiro atoms. The van der Waals surface area contributed by atoms with Gasteiger partial charge >= 0.3 is 0 Å². The molecule has 1 aromatic carbocycles. The fourth-order valence-electron chi connectivity index (χ4n) is 2.61. The minimum atomic E-state index is -0.294. The Morgan fingerprint density at radius 1 is 1.14 bits per heavy atom. The van der Waals surface area contributed by atoms with E-state index in [1.165, 1.54) is 6.20 Å². The highest BCUT2D eigenvalue weighted by atomic mass is 16.5. The number of hydrogen-bond acceptors (Lipinski definition) is 6. The number of nitrogens with one attached hydrogen (secondary N) is 2. The number of carbonyl (C=O) groups excluding carboxylic acids is 2. The number of para-hydroxylation sites is 1. The maximum absolute atomic E-state index is 12.0. The number of amides is 2. The summed E-state index contributed by atoms with van der Waals surface area (Å²) in [5.74, 6) is 1.34. The van der Waals surface area contributed by atoms with Crippen LogP contribution >= 0.6 is 0 Å². The van der Waals surface area contributed by atoms with Crippen LogP contribution in [0.3, 0.4) is 0 Å². The summed E-state index contributed by atoms with van der Waals surface area (Å²) in [4.78, 5) is 27.9. The molecule has 0 unspecified atom stereocenters. The molecular weight excluding hydrogens is 362 g/mol. The highest BCUT2D eigenvalue weighted by Gasteiger charge is 2.29. The molecular formula is C20H23N3O5. The number of aromatic nitrogens is 1. The van der Waals surface area contributed by atoms with Crippen LogP contribution in [0.15, 0.2) is 36.5 Å². The normalized spacial score (nSPS) is 12.8. The third-order valence-electron chi connectivity index (χ3n) is 4.26. The standard InChI is InChI=1S/C20H23N3O5/c1-26-16-5-3-4-14(19(16)27-2)10-21-17(24)12-28-18-9-8-15(11-22-18)23-20(25)13-6-7-13/h3-5,8-9,11,13H,6-7,10,12H2,1-2H3,(H,21,24)(H,23,25). The van der Waals surface area contributed by atoms with E-state index in [9.17, 15) is 9.59 Å². The van der Waals surface area contributed by atoms with E-state index in [1.807, 2.05) is 12.1 Å². The maximum atomic E-state index is 12.0. The van der Waals surface area contributed by atoms with Crippen molar-refractivity contribution < 1.29 is 23.8 Å². The predicted molar refractivity (Wildman–Crippen MR) is 102 cm³/mol. The Hall–Kier alpha value is -3.29. The fourth-order valence-corrected chi connectivity index (χ4v) is 2.61. The van der Waals surface area contributed by atoms with Gasteiger partial charge in [-0.05, 0) is 25.0 Å². The van der Waals surface area contributed by atoms with Crippen LogP contribution in [0.1, 0.15) is 18.4 Å². The van der Waals surface area contributed by atoms with Gasteiger partial charge in [0.1, 0.15) is 0 Å². The van der Waals surface area contributed by atoms with Gasteiger partial charge in [0.05, 0.1) is 26.1 Å². The first kappa shape index (κ1) is 19.5. The minimum Gasteiger partial charge on any atom is -0.493 e. The molecule has 1 aromatic heterocycles. The highest BCUT2D eigenvalue weighted by molar-refractivity contribution is 5.93. The molecule has 2 aromatic rings. The van der Waals surface area contributed by atoms with Crippen molar-refractivity contribution in [2.24, 2.45) is 5.92 Å². The zero-order chi connectivity index (χ0) is 19.9. The minimum absolute atomic E-state index is 0.0165. The molecule has 1 saturated carbocycles. The van der Waals surface area contributed by atoms with Gasteiger partial charge in [0.25, 0.3) is 5.91 Å². The Kier molecular flexibility index (Phi) is 6.31. The van der Waals surface area contributed by atoms with Crippen LogP contribution in [0, 0.1) is 5.92 Å². The first-order valence-corrected chi connectivity index (χ1v) is 8.97. The summed E-state index contributed by atoms with van der Waals surface area (Å²) in [6.45, 7) is 0.106. The molecule has 0 aliphatic heterocycles. The molecule has 28 heavy (non-hydrogen) atoms. The lowest BCUT2D eigenvalue weighted by molar-refractivity contribution is -0.123. The van der Waals surface area contributed by atoms with Crippen LogP contribution in [-0.4, -0.2) is 37.6 Å². The third kappa shape index (κ3) is 5.12. The molecule has 148 valence electrons. The topological polar surface area (TPSA) is 98.8 Å². The summed E-state index contributed by atoms with van der Waals surface area (Å²) in [7, 11) is 3.11. The number of anilines is 1. The number of hydrogen-bond donors (Lipinski definition) is 2. The lowest BCUT2D eigenvalue weighted by Crippen LogP contribution is -2.28. The summed E-state index contributed by atoms with van der Waals surface area (Å²) in [6, 6.07) is 8.77. The van der Waals surface area contributed by atoms with Crippen molar-refractivity contribution in [3.05, 3.63) is 42.1 Å². The summed E-state index contributed by atoms with van der Waals surface area (Å²) in [5.41, 5.74) is 1.41. The van der Waals surface area contributed by atoms with Crippen molar-refractivity contribution in [2.75, 3.05) is 26.1 Å². The molecule has 8 heteroatoms. The van der Waals surface area contributed by atoms with E-state index in [2.05, 4.69) is 15.6 Å². The lowest BCUT2D eigenvalue weighted by atomic mass is 10.2. The molecule has 8 nitrogen and oxygen atoms in total. The van der Waals surface area contributed by atoms with E-state index in [0.29, 0.717) is 23.1 Å². The van der Waals surface area contributed by atoms with Crippen LogP contribution in [-0.2, 0) is 16.1 Å². The number of methoxy groups -OCH3 is 2. The van der Waals surface area contributed by atoms with Gasteiger partial charge in [-0.3, -0.25) is 9.59 Å². The number of nitrogens with zero attached hydrogens (tertiary/aromatic N) is 1. The summed E-state index contributed by atoms with van der Waals surface area (Å²) >= 11 is 0. The molecule has 0 atom stereocenters. The molecule has 2 N–H and O–H groups in total. The second-order valence-electron chi connectivity index (χ2n) is 6.37. The molecule has 1 aliphatic rings. The van der Waals surface area contributed by atoms with Crippen LogP contribution < -0.4 is 24.8 Å². The summed E-state index contributed by atoms with van der Waals surface area (Å²) < 4.78 is 16.0. The average molecular weight is 385 g/mol. The lowest BCUT2D eigenvalue weighted by Gasteiger charge is -2.13. The van der Waals surface area contributed by atoms with Crippen LogP contribution in [0.25, 0.3) is 0 Å². The first-order valence-electron chi connectivity index (χ1n) is 8.97. The molecule has 1 aliphatic carbocycles. The van der Waals surface area contributed by atoms with E-state index in [4.69, 9.17) is 14.2 Å². The van der Waals surface area contributed by atoms with E-state index in [0.717, 1.165) is 18.4 Å². The first-order chi connectivity index (χ1) is 13.6. The van der Waals surface area contributed by atoms with Gasteiger partial charge in [-0.2, -0.15) is 0 Å². The quantitative estimate of drug-likeness (QED) is 0.686. The summed E-state index contributed by atoms with van der Waals surface area (Å²) in [6.07, 6.45) is 3.39. The SMILES string of the molecule is COc1cccc(CNC(=O)COc2ccc(NC(=O)C3CC3)cn2)c1OC. The van der Waals surface area contributed by atoms with Gasteiger partial charge in [0.15, 0.2) is 18.1 Å². The van der Waals surface area contributed by atoms with Crippen LogP contribution in [0.2, 0.25) is 0 Å². The Labute approximate surface area is 163 Å². The Morgan fingerprint density at radius 2 is 1.96 bits per heavy atom. The monoisotopic (exact) mass is 385 g/mol. The number of ether oxygens (including phenoxy) is 3. The van der Waals surface area contributed by atoms with Gasteiger partial charge < -0.3 is 24.8 Å². The fraction of sp³-hybridized carbons (Fsp3) is 0.350. The maximum Gasteiger partial charge on any atom is 0.258 e. The Balaban J connectivity index is 1.46. The van der Waals surface area contributed by atoms with Gasteiger partial charge in [-0.1, -0.05) is 12.1 Å². The zero-order valence-electron chi connectivity index (χ0n) is 15.9. The molecule has 0 bridgehead atoms. The van der Waals surface area contributed by atoms with Crippen molar-refractivity contribution in [1.82, 2.24) is 10.3 Å². The average Bonchev–Trinajstić information content (AvgIpc) is 3.56. The van der Waals surface area contributed by atoms with E-state index in [1.54, 1.807) is 32.4 Å². The second kappa shape index (κ2) is 9.07. The second-order valence-corrected chi connectivity index (χ2v) is 6.37. The van der Waals surface area contributed by atoms with E-state index >= 15 is 0 Å². The summed E-state index contributed by atoms with van der Waals surface area (Å²) in [5, 5.41) is 5.56. The predicted octanol–water partition coefficient (Wildman–Crippen LogP) is 2.14. The smallest absolute Gasteiger partial charge is 0.258 e. The van der Waals surface area contributed by atoms with E-state index in [-0.39, 0.29) is 30.9 Å². The van der Waals surface area contributed by atoms with Crippen molar-refractivity contribution in [3.8, 4) is 17.4 Å². The molecule has 2 amide bonds. The number of benzene rings is 1. The third-order valence-corrected chi connectivity index (χ3v) is 4.26. The van der Waals surface area contributed by atoms with Gasteiger partial charge in [-0.25, -0.2) is 4.98 Å². The molecule has 0 radical (unpaired) electrons. The van der Waals surface area contributed by atoms with Crippen molar-refractivity contribution in [1.29, 1.82) is 0 Å². The Bertz CT molecular complexity index is 834. The van der Waals surface area contributed by atoms with Gasteiger partial charge in [0, 0.05) is 24.1 Å². The van der Waals surface area contributed by atoms with Gasteiger partial charge in [-0.15, -0.1) is 0 Å².